The zero-order chi connectivity index (χ0) is 14.3. The highest BCUT2D eigenvalue weighted by Crippen LogP contribution is 2.32. The van der Waals surface area contributed by atoms with Crippen molar-refractivity contribution < 1.29 is 18.3 Å². The van der Waals surface area contributed by atoms with Crippen LogP contribution in [0.1, 0.15) is 5.56 Å². The van der Waals surface area contributed by atoms with E-state index in [0.717, 1.165) is 12.1 Å². The van der Waals surface area contributed by atoms with Crippen LogP contribution >= 0.6 is 0 Å². The molecule has 102 valence electrons. The Balaban J connectivity index is 2.19. The van der Waals surface area contributed by atoms with Crippen molar-refractivity contribution in [3.05, 3.63) is 54.4 Å². The lowest BCUT2D eigenvalue weighted by atomic mass is 10.1. The first-order chi connectivity index (χ1) is 9.47. The Labute approximate surface area is 111 Å². The predicted molar refractivity (Wildman–Crippen MR) is 67.3 cm³/mol. The summed E-state index contributed by atoms with van der Waals surface area (Å²) < 4.78 is 39.7. The zero-order valence-electron chi connectivity index (χ0n) is 10.1. The Morgan fingerprint density at radius 1 is 1.10 bits per heavy atom. The first kappa shape index (κ1) is 12.5. The van der Waals surface area contributed by atoms with E-state index in [2.05, 4.69) is 4.98 Å². The Hall–Kier alpha value is -2.50. The molecule has 0 atom stereocenters. The third-order valence-corrected chi connectivity index (χ3v) is 3.00. The van der Waals surface area contributed by atoms with Gasteiger partial charge >= 0.3 is 6.18 Å². The average Bonchev–Trinajstić information content (AvgIpc) is 2.83. The van der Waals surface area contributed by atoms with Gasteiger partial charge in [0.05, 0.1) is 11.8 Å². The number of imidazole rings is 1. The van der Waals surface area contributed by atoms with Crippen molar-refractivity contribution >= 4 is 5.52 Å². The molecule has 0 spiro atoms. The maximum atomic E-state index is 12.7. The number of hydrogen-bond donors (Lipinski definition) is 1. The molecule has 0 radical (unpaired) electrons. The third kappa shape index (κ3) is 1.99. The first-order valence-electron chi connectivity index (χ1n) is 5.79. The molecule has 0 bridgehead atoms. The highest BCUT2D eigenvalue weighted by Gasteiger charge is 2.30. The van der Waals surface area contributed by atoms with Gasteiger partial charge in [0.15, 0.2) is 0 Å². The number of hydrogen-bond acceptors (Lipinski definition) is 2. The summed E-state index contributed by atoms with van der Waals surface area (Å²) in [5, 5.41) is 9.67. The summed E-state index contributed by atoms with van der Waals surface area (Å²) in [6, 6.07) is 8.03. The Morgan fingerprint density at radius 2 is 1.90 bits per heavy atom. The number of aromatic nitrogens is 2. The van der Waals surface area contributed by atoms with Gasteiger partial charge in [0.2, 0.25) is 0 Å². The average molecular weight is 278 g/mol. The standard InChI is InChI=1S/C14H9F3N2O/c15-14(16,17)10-4-1-3-9(7-10)13-18-8-11-12(20)5-2-6-19(11)13/h1-8,20H. The number of halogens is 3. The lowest BCUT2D eigenvalue weighted by Crippen LogP contribution is -2.04. The van der Waals surface area contributed by atoms with Gasteiger partial charge in [-0.05, 0) is 24.3 Å². The molecule has 0 saturated carbocycles. The maximum absolute atomic E-state index is 12.7. The van der Waals surface area contributed by atoms with Crippen LogP contribution < -0.4 is 0 Å². The largest absolute Gasteiger partial charge is 0.506 e. The van der Waals surface area contributed by atoms with Crippen LogP contribution in [0.5, 0.6) is 5.75 Å². The summed E-state index contributed by atoms with van der Waals surface area (Å²) in [6.45, 7) is 0. The lowest BCUT2D eigenvalue weighted by molar-refractivity contribution is -0.137. The van der Waals surface area contributed by atoms with Crippen molar-refractivity contribution in [2.75, 3.05) is 0 Å². The van der Waals surface area contributed by atoms with Crippen LogP contribution in [0.2, 0.25) is 0 Å². The SMILES string of the molecule is Oc1cccn2c(-c3cccc(C(F)(F)F)c3)ncc12. The lowest BCUT2D eigenvalue weighted by Gasteiger charge is -2.08. The van der Waals surface area contributed by atoms with Crippen molar-refractivity contribution in [2.45, 2.75) is 6.18 Å². The fraction of sp³-hybridized carbons (Fsp3) is 0.0714. The molecule has 3 aromatic rings. The van der Waals surface area contributed by atoms with Crippen LogP contribution in [-0.4, -0.2) is 14.5 Å². The van der Waals surface area contributed by atoms with Gasteiger partial charge in [-0.1, -0.05) is 12.1 Å². The molecule has 3 nitrogen and oxygen atoms in total. The van der Waals surface area contributed by atoms with Gasteiger partial charge in [-0.2, -0.15) is 13.2 Å². The summed E-state index contributed by atoms with van der Waals surface area (Å²) in [7, 11) is 0. The second kappa shape index (κ2) is 4.26. The van der Waals surface area contributed by atoms with Gasteiger partial charge in [-0.25, -0.2) is 4.98 Å². The minimum atomic E-state index is -4.40. The van der Waals surface area contributed by atoms with Gasteiger partial charge in [0, 0.05) is 11.8 Å². The quantitative estimate of drug-likeness (QED) is 0.736. The monoisotopic (exact) mass is 278 g/mol. The van der Waals surface area contributed by atoms with Crippen molar-refractivity contribution in [3.8, 4) is 17.1 Å². The number of nitrogens with zero attached hydrogens (tertiary/aromatic N) is 2. The minimum absolute atomic E-state index is 0.0261. The van der Waals surface area contributed by atoms with Gasteiger partial charge in [-0.3, -0.25) is 4.40 Å². The molecule has 0 saturated heterocycles. The van der Waals surface area contributed by atoms with Crippen molar-refractivity contribution in [3.63, 3.8) is 0 Å². The predicted octanol–water partition coefficient (Wildman–Crippen LogP) is 3.73. The van der Waals surface area contributed by atoms with E-state index in [1.54, 1.807) is 22.7 Å². The summed E-state index contributed by atoms with van der Waals surface area (Å²) in [5.74, 6) is 0.375. The van der Waals surface area contributed by atoms with Gasteiger partial charge in [0.1, 0.15) is 17.1 Å². The van der Waals surface area contributed by atoms with Crippen LogP contribution in [0, 0.1) is 0 Å². The molecule has 1 aromatic carbocycles. The van der Waals surface area contributed by atoms with E-state index in [0.29, 0.717) is 16.9 Å². The molecule has 0 amide bonds. The molecule has 2 aromatic heterocycles. The summed E-state index contributed by atoms with van der Waals surface area (Å²) in [6.07, 6.45) is -1.34. The fourth-order valence-corrected chi connectivity index (χ4v) is 2.06. The number of benzene rings is 1. The van der Waals surface area contributed by atoms with Gasteiger partial charge in [0.25, 0.3) is 0 Å². The van der Waals surface area contributed by atoms with Crippen molar-refractivity contribution in [1.29, 1.82) is 0 Å². The smallest absolute Gasteiger partial charge is 0.416 e. The normalized spacial score (nSPS) is 11.9. The van der Waals surface area contributed by atoms with Gasteiger partial charge < -0.3 is 5.11 Å². The fourth-order valence-electron chi connectivity index (χ4n) is 2.06. The van der Waals surface area contributed by atoms with E-state index in [-0.39, 0.29) is 5.75 Å². The van der Waals surface area contributed by atoms with E-state index in [9.17, 15) is 18.3 Å². The van der Waals surface area contributed by atoms with E-state index >= 15 is 0 Å². The topological polar surface area (TPSA) is 37.5 Å². The first-order valence-corrected chi connectivity index (χ1v) is 5.79. The van der Waals surface area contributed by atoms with E-state index in [1.807, 2.05) is 0 Å². The van der Waals surface area contributed by atoms with Crippen LogP contribution in [0.15, 0.2) is 48.8 Å². The molecular formula is C14H9F3N2O. The molecule has 0 aliphatic rings. The Kier molecular flexibility index (Phi) is 2.67. The number of rotatable bonds is 1. The molecule has 0 aliphatic heterocycles. The van der Waals surface area contributed by atoms with Crippen LogP contribution in [0.4, 0.5) is 13.2 Å². The van der Waals surface area contributed by atoms with Crippen LogP contribution in [-0.2, 0) is 6.18 Å². The summed E-state index contributed by atoms with van der Waals surface area (Å²) in [4.78, 5) is 4.09. The molecule has 0 fully saturated rings. The molecule has 3 rings (SSSR count). The zero-order valence-corrected chi connectivity index (χ0v) is 10.1. The van der Waals surface area contributed by atoms with E-state index in [1.165, 1.54) is 18.3 Å². The second-order valence-corrected chi connectivity index (χ2v) is 4.31. The van der Waals surface area contributed by atoms with E-state index < -0.39 is 11.7 Å². The molecular weight excluding hydrogens is 269 g/mol. The Bertz CT molecular complexity index is 777. The highest BCUT2D eigenvalue weighted by atomic mass is 19.4. The molecule has 0 unspecified atom stereocenters. The molecule has 0 aliphatic carbocycles. The summed E-state index contributed by atoms with van der Waals surface area (Å²) >= 11 is 0. The van der Waals surface area contributed by atoms with Crippen molar-refractivity contribution in [1.82, 2.24) is 9.38 Å². The third-order valence-electron chi connectivity index (χ3n) is 3.00. The number of aromatic hydroxyl groups is 1. The molecule has 6 heteroatoms. The number of alkyl halides is 3. The number of pyridine rings is 1. The molecule has 1 N–H and O–H groups in total. The summed E-state index contributed by atoms with van der Waals surface area (Å²) in [5.41, 5.74) is 0.0530. The van der Waals surface area contributed by atoms with Gasteiger partial charge in [-0.15, -0.1) is 0 Å². The molecule has 2 heterocycles. The van der Waals surface area contributed by atoms with Crippen LogP contribution in [0.25, 0.3) is 16.9 Å². The van der Waals surface area contributed by atoms with E-state index in [4.69, 9.17) is 0 Å². The minimum Gasteiger partial charge on any atom is -0.506 e. The Morgan fingerprint density at radius 3 is 2.65 bits per heavy atom. The number of fused-ring (bicyclic) bond motifs is 1. The van der Waals surface area contributed by atoms with Crippen LogP contribution in [0.3, 0.4) is 0 Å². The second-order valence-electron chi connectivity index (χ2n) is 4.31. The maximum Gasteiger partial charge on any atom is 0.416 e. The molecule has 20 heavy (non-hydrogen) atoms. The highest BCUT2D eigenvalue weighted by molar-refractivity contribution is 5.67. The van der Waals surface area contributed by atoms with Crippen molar-refractivity contribution in [2.24, 2.45) is 0 Å².